The first-order valence-corrected chi connectivity index (χ1v) is 9.74. The number of halogens is 1. The molecule has 0 bridgehead atoms. The maximum Gasteiger partial charge on any atom is 0.323 e. The number of hydrogen-bond acceptors (Lipinski definition) is 5. The molecule has 150 valence electrons. The Balaban J connectivity index is 1.29. The van der Waals surface area contributed by atoms with Gasteiger partial charge in [-0.15, -0.1) is 0 Å². The fourth-order valence-electron chi connectivity index (χ4n) is 3.21. The summed E-state index contributed by atoms with van der Waals surface area (Å²) in [6.07, 6.45) is 1.43. The summed E-state index contributed by atoms with van der Waals surface area (Å²) in [4.78, 5) is 16.4. The molecule has 4 rings (SSSR count). The quantitative estimate of drug-likeness (QED) is 0.669. The molecule has 29 heavy (non-hydrogen) atoms. The van der Waals surface area contributed by atoms with Crippen LogP contribution in [0.5, 0.6) is 11.5 Å². The lowest BCUT2D eigenvalue weighted by molar-refractivity contribution is 0.143. The second-order valence-corrected chi connectivity index (χ2v) is 7.22. The highest BCUT2D eigenvalue weighted by Gasteiger charge is 2.21. The molecule has 2 heterocycles. The zero-order valence-electron chi connectivity index (χ0n) is 15.8. The first-order valence-electron chi connectivity index (χ1n) is 9.37. The molecule has 0 atom stereocenters. The molecule has 0 saturated carbocycles. The van der Waals surface area contributed by atoms with Crippen molar-refractivity contribution in [3.8, 4) is 11.5 Å². The first kappa shape index (κ1) is 19.3. The molecule has 1 N–H and O–H groups in total. The van der Waals surface area contributed by atoms with Gasteiger partial charge in [-0.2, -0.15) is 0 Å². The van der Waals surface area contributed by atoms with Crippen LogP contribution in [-0.4, -0.2) is 47.2 Å². The van der Waals surface area contributed by atoms with Crippen molar-refractivity contribution >= 4 is 23.4 Å². The van der Waals surface area contributed by atoms with E-state index in [1.54, 1.807) is 17.0 Å². The normalized spacial score (nSPS) is 14.6. The van der Waals surface area contributed by atoms with E-state index >= 15 is 0 Å². The largest absolute Gasteiger partial charge is 0.457 e. The second-order valence-electron chi connectivity index (χ2n) is 6.78. The third-order valence-corrected chi connectivity index (χ3v) is 4.90. The van der Waals surface area contributed by atoms with E-state index < -0.39 is 0 Å². The van der Waals surface area contributed by atoms with E-state index in [0.717, 1.165) is 30.9 Å². The number of nitrogens with zero attached hydrogens (tertiary/aromatic N) is 3. The van der Waals surface area contributed by atoms with Crippen molar-refractivity contribution < 1.29 is 14.1 Å². The molecular weight excluding hydrogens is 392 g/mol. The summed E-state index contributed by atoms with van der Waals surface area (Å²) in [5, 5.41) is 7.07. The number of carbonyl (C=O) groups excluding carboxylic acids is 1. The lowest BCUT2D eigenvalue weighted by Crippen LogP contribution is -2.49. The lowest BCUT2D eigenvalue weighted by Gasteiger charge is -2.34. The predicted octanol–water partition coefficient (Wildman–Crippen LogP) is 4.47. The molecule has 2 amide bonds. The number of benzene rings is 2. The zero-order valence-corrected chi connectivity index (χ0v) is 16.5. The molecule has 0 aliphatic carbocycles. The van der Waals surface area contributed by atoms with Crippen molar-refractivity contribution in [3.63, 3.8) is 0 Å². The smallest absolute Gasteiger partial charge is 0.323 e. The Hall–Kier alpha value is -3.03. The van der Waals surface area contributed by atoms with Crippen molar-refractivity contribution in [2.45, 2.75) is 6.54 Å². The van der Waals surface area contributed by atoms with Crippen LogP contribution in [0, 0.1) is 0 Å². The van der Waals surface area contributed by atoms with Crippen LogP contribution in [0.2, 0.25) is 5.02 Å². The number of aromatic nitrogens is 1. The predicted molar refractivity (Wildman–Crippen MR) is 110 cm³/mol. The third-order valence-electron chi connectivity index (χ3n) is 4.67. The Morgan fingerprint density at radius 3 is 2.55 bits per heavy atom. The van der Waals surface area contributed by atoms with Crippen LogP contribution in [0.25, 0.3) is 0 Å². The third kappa shape index (κ3) is 5.28. The average Bonchev–Trinajstić information content (AvgIpc) is 3.22. The van der Waals surface area contributed by atoms with E-state index in [4.69, 9.17) is 20.9 Å². The van der Waals surface area contributed by atoms with E-state index in [-0.39, 0.29) is 6.03 Å². The summed E-state index contributed by atoms with van der Waals surface area (Å²) in [5.74, 6) is 1.91. The summed E-state index contributed by atoms with van der Waals surface area (Å²) in [6, 6.07) is 16.8. The van der Waals surface area contributed by atoms with Crippen LogP contribution in [0.3, 0.4) is 0 Å². The Kier molecular flexibility index (Phi) is 5.97. The van der Waals surface area contributed by atoms with Crippen LogP contribution >= 0.6 is 11.6 Å². The minimum atomic E-state index is -0.157. The first-order chi connectivity index (χ1) is 14.2. The molecule has 3 aromatic rings. The van der Waals surface area contributed by atoms with Gasteiger partial charge in [-0.05, 0) is 35.9 Å². The Morgan fingerprint density at radius 2 is 1.83 bits per heavy atom. The molecule has 1 saturated heterocycles. The molecule has 1 fully saturated rings. The summed E-state index contributed by atoms with van der Waals surface area (Å²) in [5.41, 5.74) is 1.16. The molecule has 1 aliphatic heterocycles. The fraction of sp³-hybridized carbons (Fsp3) is 0.238. The molecule has 1 aromatic heterocycles. The van der Waals surface area contributed by atoms with Gasteiger partial charge in [0.1, 0.15) is 17.8 Å². The molecule has 8 heteroatoms. The van der Waals surface area contributed by atoms with E-state index in [9.17, 15) is 4.79 Å². The van der Waals surface area contributed by atoms with Gasteiger partial charge in [0.25, 0.3) is 0 Å². The van der Waals surface area contributed by atoms with Gasteiger partial charge in [0.05, 0.1) is 0 Å². The molecule has 2 aromatic carbocycles. The van der Waals surface area contributed by atoms with Crippen molar-refractivity contribution in [2.24, 2.45) is 0 Å². The Morgan fingerprint density at radius 1 is 1.07 bits per heavy atom. The molecule has 0 spiro atoms. The highest BCUT2D eigenvalue weighted by atomic mass is 35.5. The van der Waals surface area contributed by atoms with Gasteiger partial charge in [-0.25, -0.2) is 4.79 Å². The minimum Gasteiger partial charge on any atom is -0.457 e. The number of carbonyl (C=O) groups is 1. The summed E-state index contributed by atoms with van der Waals surface area (Å²) in [7, 11) is 0. The monoisotopic (exact) mass is 412 g/mol. The summed E-state index contributed by atoms with van der Waals surface area (Å²) < 4.78 is 10.6. The van der Waals surface area contributed by atoms with E-state index in [2.05, 4.69) is 21.4 Å². The van der Waals surface area contributed by atoms with E-state index in [1.807, 2.05) is 36.4 Å². The van der Waals surface area contributed by atoms with Gasteiger partial charge in [0.15, 0.2) is 5.82 Å². The topological polar surface area (TPSA) is 70.8 Å². The van der Waals surface area contributed by atoms with Crippen LogP contribution < -0.4 is 10.1 Å². The van der Waals surface area contributed by atoms with Crippen molar-refractivity contribution in [2.75, 3.05) is 31.5 Å². The summed E-state index contributed by atoms with van der Waals surface area (Å²) >= 11 is 6.02. The highest BCUT2D eigenvalue weighted by molar-refractivity contribution is 6.30. The van der Waals surface area contributed by atoms with Gasteiger partial charge in [-0.1, -0.05) is 35.0 Å². The van der Waals surface area contributed by atoms with E-state index in [1.165, 1.54) is 6.26 Å². The minimum absolute atomic E-state index is 0.157. The van der Waals surface area contributed by atoms with Gasteiger partial charge in [0.2, 0.25) is 0 Å². The maximum atomic E-state index is 12.3. The van der Waals surface area contributed by atoms with Gasteiger partial charge < -0.3 is 14.2 Å². The number of nitrogens with one attached hydrogen (secondary N) is 1. The highest BCUT2D eigenvalue weighted by Crippen LogP contribution is 2.25. The van der Waals surface area contributed by atoms with Gasteiger partial charge in [-0.3, -0.25) is 10.2 Å². The van der Waals surface area contributed by atoms with Crippen LogP contribution in [0.4, 0.5) is 10.6 Å². The molecule has 0 unspecified atom stereocenters. The van der Waals surface area contributed by atoms with Gasteiger partial charge in [0, 0.05) is 43.8 Å². The molecule has 7 nitrogen and oxygen atoms in total. The van der Waals surface area contributed by atoms with Crippen LogP contribution in [-0.2, 0) is 6.54 Å². The van der Waals surface area contributed by atoms with Crippen molar-refractivity contribution in [3.05, 3.63) is 71.4 Å². The van der Waals surface area contributed by atoms with Crippen LogP contribution in [0.1, 0.15) is 5.56 Å². The van der Waals surface area contributed by atoms with Crippen molar-refractivity contribution in [1.29, 1.82) is 0 Å². The van der Waals surface area contributed by atoms with E-state index in [0.29, 0.717) is 29.7 Å². The number of ether oxygens (including phenoxy) is 1. The number of hydrogen-bond donors (Lipinski definition) is 1. The van der Waals surface area contributed by atoms with Crippen molar-refractivity contribution in [1.82, 2.24) is 15.0 Å². The Labute approximate surface area is 173 Å². The SMILES string of the molecule is O=C(Nc1ccon1)N1CCN(Cc2cccc(Oc3cccc(Cl)c3)c2)CC1. The Bertz CT molecular complexity index is 956. The number of amides is 2. The maximum absolute atomic E-state index is 12.3. The lowest BCUT2D eigenvalue weighted by atomic mass is 10.2. The summed E-state index contributed by atoms with van der Waals surface area (Å²) in [6.45, 7) is 3.70. The zero-order chi connectivity index (χ0) is 20.1. The standard InChI is InChI=1S/C21H21ClN4O3/c22-17-4-2-6-19(14-17)29-18-5-1-3-16(13-18)15-25-8-10-26(11-9-25)21(27)23-20-7-12-28-24-20/h1-7,12-14H,8-11,15H2,(H,23,24,27). The molecule has 0 radical (unpaired) electrons. The molecule has 1 aliphatic rings. The number of piperazine rings is 1. The van der Waals surface area contributed by atoms with Gasteiger partial charge >= 0.3 is 6.03 Å². The second kappa shape index (κ2) is 8.98. The number of rotatable bonds is 5. The van der Waals surface area contributed by atoms with Crippen LogP contribution in [0.15, 0.2) is 65.4 Å². The molecular formula is C21H21ClN4O3. The number of anilines is 1. The fourth-order valence-corrected chi connectivity index (χ4v) is 3.39. The average molecular weight is 413 g/mol. The number of urea groups is 1.